The van der Waals surface area contributed by atoms with Crippen LogP contribution in [0.1, 0.15) is 18.4 Å². The minimum atomic E-state index is -0.156. The van der Waals surface area contributed by atoms with Gasteiger partial charge in [-0.2, -0.15) is 5.26 Å². The Hall–Kier alpha value is -1.61. The molecule has 1 fully saturated rings. The number of aliphatic hydroxyl groups excluding tert-OH is 1. The van der Waals surface area contributed by atoms with E-state index < -0.39 is 0 Å². The van der Waals surface area contributed by atoms with Crippen LogP contribution in [0.2, 0.25) is 5.02 Å². The van der Waals surface area contributed by atoms with E-state index in [2.05, 4.69) is 10.2 Å². The number of piperidine rings is 1. The van der Waals surface area contributed by atoms with Crippen LogP contribution in [-0.2, 0) is 4.79 Å². The predicted octanol–water partition coefficient (Wildman–Crippen LogP) is 1.85. The van der Waals surface area contributed by atoms with Gasteiger partial charge in [-0.1, -0.05) is 11.6 Å². The first-order valence-corrected chi connectivity index (χ1v) is 7.33. The van der Waals surface area contributed by atoms with E-state index in [9.17, 15) is 4.79 Å². The second kappa shape index (κ2) is 7.41. The summed E-state index contributed by atoms with van der Waals surface area (Å²) in [6.45, 7) is 2.11. The largest absolute Gasteiger partial charge is 0.396 e. The van der Waals surface area contributed by atoms with Crippen LogP contribution in [-0.4, -0.2) is 42.2 Å². The van der Waals surface area contributed by atoms with Crippen LogP contribution in [0.15, 0.2) is 18.2 Å². The monoisotopic (exact) mass is 307 g/mol. The summed E-state index contributed by atoms with van der Waals surface area (Å²) in [7, 11) is 0. The minimum absolute atomic E-state index is 0.156. The zero-order valence-corrected chi connectivity index (χ0v) is 12.4. The van der Waals surface area contributed by atoms with Crippen molar-refractivity contribution in [1.29, 1.82) is 5.26 Å². The van der Waals surface area contributed by atoms with Gasteiger partial charge in [0.05, 0.1) is 17.8 Å². The van der Waals surface area contributed by atoms with Gasteiger partial charge in [0.15, 0.2) is 0 Å². The lowest BCUT2D eigenvalue weighted by atomic mass is 9.98. The summed E-state index contributed by atoms with van der Waals surface area (Å²) in [5, 5.41) is 21.3. The molecule has 0 radical (unpaired) electrons. The van der Waals surface area contributed by atoms with Crippen molar-refractivity contribution in [3.63, 3.8) is 0 Å². The van der Waals surface area contributed by atoms with Crippen LogP contribution in [0.4, 0.5) is 5.69 Å². The Morgan fingerprint density at radius 2 is 2.19 bits per heavy atom. The van der Waals surface area contributed by atoms with Gasteiger partial charge in [-0.3, -0.25) is 9.69 Å². The van der Waals surface area contributed by atoms with Crippen LogP contribution >= 0.6 is 11.6 Å². The Bertz CT molecular complexity index is 548. The molecule has 0 atom stereocenters. The van der Waals surface area contributed by atoms with Crippen molar-refractivity contribution < 1.29 is 9.90 Å². The summed E-state index contributed by atoms with van der Waals surface area (Å²) in [5.41, 5.74) is 0.840. The summed E-state index contributed by atoms with van der Waals surface area (Å²) in [6.07, 6.45) is 1.81. The normalized spacial score (nSPS) is 16.4. The van der Waals surface area contributed by atoms with Gasteiger partial charge in [0.1, 0.15) is 6.07 Å². The second-order valence-corrected chi connectivity index (χ2v) is 5.69. The Morgan fingerprint density at radius 3 is 2.81 bits per heavy atom. The molecular formula is C15H18ClN3O2. The number of aliphatic hydroxyl groups is 1. The fraction of sp³-hybridized carbons (Fsp3) is 0.467. The highest BCUT2D eigenvalue weighted by atomic mass is 35.5. The van der Waals surface area contributed by atoms with Gasteiger partial charge in [-0.25, -0.2) is 0 Å². The number of nitriles is 1. The van der Waals surface area contributed by atoms with Crippen molar-refractivity contribution in [3.05, 3.63) is 28.8 Å². The number of amides is 1. The molecule has 5 nitrogen and oxygen atoms in total. The topological polar surface area (TPSA) is 76.4 Å². The first kappa shape index (κ1) is 15.8. The van der Waals surface area contributed by atoms with E-state index in [-0.39, 0.29) is 19.1 Å². The fourth-order valence-corrected chi connectivity index (χ4v) is 2.61. The molecule has 1 aromatic rings. The molecule has 1 aliphatic heterocycles. The fourth-order valence-electron chi connectivity index (χ4n) is 2.44. The molecule has 112 valence electrons. The molecule has 2 rings (SSSR count). The van der Waals surface area contributed by atoms with Crippen LogP contribution in [0, 0.1) is 17.2 Å². The van der Waals surface area contributed by atoms with Crippen LogP contribution < -0.4 is 5.32 Å². The maximum atomic E-state index is 12.1. The Morgan fingerprint density at radius 1 is 1.48 bits per heavy atom. The Kier molecular flexibility index (Phi) is 5.57. The number of nitrogens with zero attached hydrogens (tertiary/aromatic N) is 2. The van der Waals surface area contributed by atoms with Crippen molar-refractivity contribution in [2.75, 3.05) is 31.6 Å². The highest BCUT2D eigenvalue weighted by molar-refractivity contribution is 6.31. The predicted molar refractivity (Wildman–Crippen MR) is 81.0 cm³/mol. The number of benzene rings is 1. The number of anilines is 1. The average Bonchev–Trinajstić information content (AvgIpc) is 2.48. The van der Waals surface area contributed by atoms with Gasteiger partial charge in [0.25, 0.3) is 0 Å². The summed E-state index contributed by atoms with van der Waals surface area (Å²) < 4.78 is 0. The third kappa shape index (κ3) is 4.43. The summed E-state index contributed by atoms with van der Waals surface area (Å²) in [6, 6.07) is 6.82. The van der Waals surface area contributed by atoms with Gasteiger partial charge in [0, 0.05) is 11.6 Å². The Balaban J connectivity index is 1.91. The van der Waals surface area contributed by atoms with Crippen molar-refractivity contribution in [1.82, 2.24) is 4.90 Å². The van der Waals surface area contributed by atoms with E-state index in [1.165, 1.54) is 0 Å². The van der Waals surface area contributed by atoms with Crippen LogP contribution in [0.25, 0.3) is 0 Å². The molecule has 0 unspecified atom stereocenters. The van der Waals surface area contributed by atoms with E-state index in [0.717, 1.165) is 25.9 Å². The number of rotatable bonds is 4. The molecule has 0 aliphatic carbocycles. The van der Waals surface area contributed by atoms with Gasteiger partial charge in [-0.05, 0) is 50.0 Å². The maximum absolute atomic E-state index is 12.1. The molecule has 21 heavy (non-hydrogen) atoms. The zero-order chi connectivity index (χ0) is 15.2. The standard InChI is InChI=1S/C15H18ClN3O2/c16-13-2-1-12(8-17)14(7-13)18-15(21)9-19-5-3-11(10-20)4-6-19/h1-2,7,11,20H,3-6,9-10H2,(H,18,21). The number of hydrogen-bond acceptors (Lipinski definition) is 4. The molecule has 0 aromatic heterocycles. The number of halogens is 1. The van der Waals surface area contributed by atoms with Crippen molar-refractivity contribution in [2.45, 2.75) is 12.8 Å². The highest BCUT2D eigenvalue weighted by Gasteiger charge is 2.20. The van der Waals surface area contributed by atoms with Gasteiger partial charge < -0.3 is 10.4 Å². The molecular weight excluding hydrogens is 290 g/mol. The molecule has 1 heterocycles. The first-order valence-electron chi connectivity index (χ1n) is 6.95. The lowest BCUT2D eigenvalue weighted by Gasteiger charge is -2.30. The van der Waals surface area contributed by atoms with E-state index in [1.54, 1.807) is 18.2 Å². The Labute approximate surface area is 129 Å². The molecule has 1 aromatic carbocycles. The van der Waals surface area contributed by atoms with Gasteiger partial charge in [0.2, 0.25) is 5.91 Å². The number of nitrogens with one attached hydrogen (secondary N) is 1. The molecule has 0 saturated carbocycles. The van der Waals surface area contributed by atoms with E-state index >= 15 is 0 Å². The first-order chi connectivity index (χ1) is 10.1. The van der Waals surface area contributed by atoms with Gasteiger partial charge >= 0.3 is 0 Å². The van der Waals surface area contributed by atoms with Crippen LogP contribution in [0.5, 0.6) is 0 Å². The number of carbonyl (C=O) groups excluding carboxylic acids is 1. The van der Waals surface area contributed by atoms with E-state index in [0.29, 0.717) is 22.2 Å². The summed E-state index contributed by atoms with van der Waals surface area (Å²) in [5.74, 6) is 0.193. The molecule has 0 bridgehead atoms. The lowest BCUT2D eigenvalue weighted by Crippen LogP contribution is -2.39. The third-order valence-electron chi connectivity index (χ3n) is 3.71. The third-order valence-corrected chi connectivity index (χ3v) is 3.94. The number of likely N-dealkylation sites (tertiary alicyclic amines) is 1. The summed E-state index contributed by atoms with van der Waals surface area (Å²) in [4.78, 5) is 14.1. The van der Waals surface area contributed by atoms with E-state index in [4.69, 9.17) is 22.0 Å². The summed E-state index contributed by atoms with van der Waals surface area (Å²) >= 11 is 5.89. The molecule has 1 amide bonds. The van der Waals surface area contributed by atoms with Crippen molar-refractivity contribution in [2.24, 2.45) is 5.92 Å². The van der Waals surface area contributed by atoms with Crippen LogP contribution in [0.3, 0.4) is 0 Å². The SMILES string of the molecule is N#Cc1ccc(Cl)cc1NC(=O)CN1CCC(CO)CC1. The molecule has 1 saturated heterocycles. The second-order valence-electron chi connectivity index (χ2n) is 5.25. The minimum Gasteiger partial charge on any atom is -0.396 e. The molecule has 0 spiro atoms. The molecule has 6 heteroatoms. The lowest BCUT2D eigenvalue weighted by molar-refractivity contribution is -0.117. The highest BCUT2D eigenvalue weighted by Crippen LogP contribution is 2.21. The molecule has 1 aliphatic rings. The molecule has 2 N–H and O–H groups in total. The van der Waals surface area contributed by atoms with E-state index in [1.807, 2.05) is 6.07 Å². The average molecular weight is 308 g/mol. The maximum Gasteiger partial charge on any atom is 0.238 e. The number of hydrogen-bond donors (Lipinski definition) is 2. The van der Waals surface area contributed by atoms with Crippen molar-refractivity contribution in [3.8, 4) is 6.07 Å². The smallest absolute Gasteiger partial charge is 0.238 e. The zero-order valence-electron chi connectivity index (χ0n) is 11.7. The van der Waals surface area contributed by atoms with Gasteiger partial charge in [-0.15, -0.1) is 0 Å². The quantitative estimate of drug-likeness (QED) is 0.890. The number of carbonyl (C=O) groups is 1. The van der Waals surface area contributed by atoms with Crippen molar-refractivity contribution >= 4 is 23.2 Å².